The lowest BCUT2D eigenvalue weighted by molar-refractivity contribution is -0.386. The second-order valence-electron chi connectivity index (χ2n) is 5.01. The summed E-state index contributed by atoms with van der Waals surface area (Å²) in [6, 6.07) is 8.38. The van der Waals surface area contributed by atoms with Gasteiger partial charge in [-0.1, -0.05) is 6.07 Å². The molecule has 0 fully saturated rings. The summed E-state index contributed by atoms with van der Waals surface area (Å²) in [6.07, 6.45) is -2.78. The number of rotatable bonds is 6. The molecule has 0 spiro atoms. The number of hydrogen-bond donors (Lipinski definition) is 1. The maximum Gasteiger partial charge on any atom is 0.416 e. The molecule has 2 aromatic rings. The number of ether oxygens (including phenoxy) is 1. The number of nitro groups is 1. The van der Waals surface area contributed by atoms with Gasteiger partial charge in [-0.15, -0.1) is 11.8 Å². The van der Waals surface area contributed by atoms with E-state index in [1.807, 2.05) is 0 Å². The highest BCUT2D eigenvalue weighted by atomic mass is 32.2. The van der Waals surface area contributed by atoms with Crippen LogP contribution >= 0.6 is 11.8 Å². The third kappa shape index (κ3) is 5.12. The van der Waals surface area contributed by atoms with E-state index in [9.17, 15) is 28.1 Å². The van der Waals surface area contributed by atoms with Crippen molar-refractivity contribution in [3.63, 3.8) is 0 Å². The molecule has 1 amide bonds. The van der Waals surface area contributed by atoms with Crippen LogP contribution < -0.4 is 10.1 Å². The zero-order valence-corrected chi connectivity index (χ0v) is 14.2. The van der Waals surface area contributed by atoms with Gasteiger partial charge in [0.1, 0.15) is 0 Å². The molecule has 0 radical (unpaired) electrons. The largest absolute Gasteiger partial charge is 0.477 e. The fraction of sp³-hybridized carbons (Fsp3) is 0.188. The lowest BCUT2D eigenvalue weighted by Crippen LogP contribution is -2.20. The molecular formula is C16H13F3N2O4S. The normalized spacial score (nSPS) is 11.1. The molecule has 0 aliphatic rings. The molecule has 0 saturated carbocycles. The Balaban J connectivity index is 2.05. The Morgan fingerprint density at radius 3 is 2.62 bits per heavy atom. The van der Waals surface area contributed by atoms with Crippen LogP contribution in [0.15, 0.2) is 47.4 Å². The number of nitrogens with zero attached hydrogens (tertiary/aromatic N) is 1. The van der Waals surface area contributed by atoms with Gasteiger partial charge in [-0.25, -0.2) is 0 Å². The van der Waals surface area contributed by atoms with Crippen molar-refractivity contribution in [2.45, 2.75) is 11.1 Å². The van der Waals surface area contributed by atoms with Crippen molar-refractivity contribution in [1.82, 2.24) is 0 Å². The number of nitro benzene ring substituents is 1. The summed E-state index contributed by atoms with van der Waals surface area (Å²) in [6.45, 7) is -0.588. The molecule has 6 nitrogen and oxygen atoms in total. The monoisotopic (exact) mass is 386 g/mol. The summed E-state index contributed by atoms with van der Waals surface area (Å²) >= 11 is 1.31. The van der Waals surface area contributed by atoms with Crippen LogP contribution in [0.5, 0.6) is 5.75 Å². The fourth-order valence-electron chi connectivity index (χ4n) is 2.00. The third-order valence-corrected chi connectivity index (χ3v) is 3.92. The second kappa shape index (κ2) is 8.09. The predicted molar refractivity (Wildman–Crippen MR) is 90.4 cm³/mol. The van der Waals surface area contributed by atoms with E-state index >= 15 is 0 Å². The average Bonchev–Trinajstić information content (AvgIpc) is 2.59. The summed E-state index contributed by atoms with van der Waals surface area (Å²) in [5.74, 6) is -0.848. The van der Waals surface area contributed by atoms with Gasteiger partial charge >= 0.3 is 11.9 Å². The van der Waals surface area contributed by atoms with E-state index < -0.39 is 29.2 Å². The van der Waals surface area contributed by atoms with Crippen molar-refractivity contribution in [2.24, 2.45) is 0 Å². The molecule has 0 heterocycles. The minimum absolute atomic E-state index is 0.0549. The Kier molecular flexibility index (Phi) is 6.09. The van der Waals surface area contributed by atoms with Gasteiger partial charge in [-0.05, 0) is 36.6 Å². The highest BCUT2D eigenvalue weighted by Crippen LogP contribution is 2.32. The number of anilines is 1. The number of alkyl halides is 3. The van der Waals surface area contributed by atoms with E-state index in [-0.39, 0.29) is 17.1 Å². The van der Waals surface area contributed by atoms with E-state index in [1.54, 1.807) is 12.3 Å². The molecule has 1 N–H and O–H groups in total. The zero-order chi connectivity index (χ0) is 19.3. The van der Waals surface area contributed by atoms with E-state index in [4.69, 9.17) is 4.74 Å². The molecule has 0 aromatic heterocycles. The van der Waals surface area contributed by atoms with E-state index in [0.29, 0.717) is 4.90 Å². The number of benzene rings is 2. The van der Waals surface area contributed by atoms with Gasteiger partial charge in [0.15, 0.2) is 12.4 Å². The Labute approximate surface area is 150 Å². The number of carbonyl (C=O) groups excluding carboxylic acids is 1. The van der Waals surface area contributed by atoms with Crippen LogP contribution in [0.4, 0.5) is 24.5 Å². The standard InChI is InChI=1S/C16H13F3N2O4S/c1-26-12-5-6-14(13(8-12)21(23)24)25-9-15(22)20-11-4-2-3-10(7-11)16(17,18)19/h2-8H,9H2,1H3,(H,20,22). The molecule has 26 heavy (non-hydrogen) atoms. The van der Waals surface area contributed by atoms with Crippen LogP contribution in [0.3, 0.4) is 0 Å². The number of nitrogens with one attached hydrogen (secondary N) is 1. The van der Waals surface area contributed by atoms with Crippen molar-refractivity contribution < 1.29 is 27.6 Å². The van der Waals surface area contributed by atoms with Gasteiger partial charge in [0.05, 0.1) is 10.5 Å². The van der Waals surface area contributed by atoms with E-state index in [2.05, 4.69) is 5.32 Å². The van der Waals surface area contributed by atoms with Gasteiger partial charge in [-0.3, -0.25) is 14.9 Å². The van der Waals surface area contributed by atoms with Gasteiger partial charge in [0.25, 0.3) is 5.91 Å². The fourth-order valence-corrected chi connectivity index (χ4v) is 2.44. The highest BCUT2D eigenvalue weighted by Gasteiger charge is 2.30. The Bertz CT molecular complexity index is 827. The number of amides is 1. The maximum absolute atomic E-state index is 12.7. The zero-order valence-electron chi connectivity index (χ0n) is 13.4. The smallest absolute Gasteiger partial charge is 0.416 e. The first kappa shape index (κ1) is 19.6. The molecule has 0 atom stereocenters. The quantitative estimate of drug-likeness (QED) is 0.453. The summed E-state index contributed by atoms with van der Waals surface area (Å²) in [5.41, 5.74) is -1.26. The number of halogens is 3. The van der Waals surface area contributed by atoms with Gasteiger partial charge in [0.2, 0.25) is 0 Å². The van der Waals surface area contributed by atoms with E-state index in [1.165, 1.54) is 30.0 Å². The van der Waals surface area contributed by atoms with Crippen LogP contribution in [0, 0.1) is 10.1 Å². The number of carbonyl (C=O) groups is 1. The van der Waals surface area contributed by atoms with Gasteiger partial charge < -0.3 is 10.1 Å². The molecule has 0 saturated heterocycles. The van der Waals surface area contributed by atoms with Crippen LogP contribution in [0.1, 0.15) is 5.56 Å². The predicted octanol–water partition coefficient (Wildman–Crippen LogP) is 4.35. The molecule has 0 bridgehead atoms. The van der Waals surface area contributed by atoms with Crippen LogP contribution in [-0.2, 0) is 11.0 Å². The van der Waals surface area contributed by atoms with Crippen LogP contribution in [-0.4, -0.2) is 23.7 Å². The lowest BCUT2D eigenvalue weighted by atomic mass is 10.2. The molecule has 138 valence electrons. The SMILES string of the molecule is CSc1ccc(OCC(=O)Nc2cccc(C(F)(F)F)c2)c([N+](=O)[O-])c1. The summed E-state index contributed by atoms with van der Waals surface area (Å²) in [5, 5.41) is 13.3. The third-order valence-electron chi connectivity index (χ3n) is 3.20. The average molecular weight is 386 g/mol. The van der Waals surface area contributed by atoms with Crippen LogP contribution in [0.2, 0.25) is 0 Å². The first-order valence-electron chi connectivity index (χ1n) is 7.13. The van der Waals surface area contributed by atoms with Gasteiger partial charge in [-0.2, -0.15) is 13.2 Å². The highest BCUT2D eigenvalue weighted by molar-refractivity contribution is 7.98. The van der Waals surface area contributed by atoms with Crippen molar-refractivity contribution in [2.75, 3.05) is 18.2 Å². The summed E-state index contributed by atoms with van der Waals surface area (Å²) in [7, 11) is 0. The molecule has 0 unspecified atom stereocenters. The van der Waals surface area contributed by atoms with E-state index in [0.717, 1.165) is 18.2 Å². The Morgan fingerprint density at radius 1 is 1.27 bits per heavy atom. The minimum atomic E-state index is -4.53. The van der Waals surface area contributed by atoms with Gasteiger partial charge in [0, 0.05) is 16.6 Å². The Morgan fingerprint density at radius 2 is 2.00 bits per heavy atom. The summed E-state index contributed by atoms with van der Waals surface area (Å²) < 4.78 is 43.1. The maximum atomic E-state index is 12.7. The first-order valence-corrected chi connectivity index (χ1v) is 8.35. The van der Waals surface area contributed by atoms with Crippen molar-refractivity contribution in [3.8, 4) is 5.75 Å². The van der Waals surface area contributed by atoms with Crippen LogP contribution in [0.25, 0.3) is 0 Å². The topological polar surface area (TPSA) is 81.5 Å². The lowest BCUT2D eigenvalue weighted by Gasteiger charge is -2.11. The van der Waals surface area contributed by atoms with Crippen molar-refractivity contribution in [1.29, 1.82) is 0 Å². The molecule has 2 aromatic carbocycles. The molecule has 10 heteroatoms. The molecule has 0 aliphatic carbocycles. The number of hydrogen-bond acceptors (Lipinski definition) is 5. The molecule has 0 aliphatic heterocycles. The molecule has 2 rings (SSSR count). The second-order valence-corrected chi connectivity index (χ2v) is 5.89. The Hall–Kier alpha value is -2.75. The minimum Gasteiger partial charge on any atom is -0.477 e. The first-order chi connectivity index (χ1) is 12.2. The van der Waals surface area contributed by atoms with Crippen molar-refractivity contribution >= 4 is 29.0 Å². The van der Waals surface area contributed by atoms with Crippen molar-refractivity contribution in [3.05, 3.63) is 58.1 Å². The number of thioether (sulfide) groups is 1. The molecular weight excluding hydrogens is 373 g/mol. The summed E-state index contributed by atoms with van der Waals surface area (Å²) in [4.78, 5) is 22.9.